The van der Waals surface area contributed by atoms with Crippen LogP contribution < -0.4 is 10.3 Å². The van der Waals surface area contributed by atoms with Crippen molar-refractivity contribution >= 4 is 10.9 Å². The highest BCUT2D eigenvalue weighted by atomic mass is 16.5. The number of aromatic nitrogens is 2. The van der Waals surface area contributed by atoms with Crippen LogP contribution in [0.4, 0.5) is 0 Å². The molecule has 0 amide bonds. The summed E-state index contributed by atoms with van der Waals surface area (Å²) in [6.07, 6.45) is 0.949. The van der Waals surface area contributed by atoms with Gasteiger partial charge in [0.05, 0.1) is 18.0 Å². The summed E-state index contributed by atoms with van der Waals surface area (Å²) in [4.78, 5) is 19.2. The van der Waals surface area contributed by atoms with Crippen molar-refractivity contribution in [1.29, 1.82) is 0 Å². The summed E-state index contributed by atoms with van der Waals surface area (Å²) >= 11 is 0. The van der Waals surface area contributed by atoms with Crippen LogP contribution in [-0.4, -0.2) is 17.1 Å². The van der Waals surface area contributed by atoms with E-state index in [1.165, 1.54) is 0 Å². The summed E-state index contributed by atoms with van der Waals surface area (Å²) in [5.41, 5.74) is 0.606. The fourth-order valence-corrected chi connectivity index (χ4v) is 1.69. The molecule has 1 heterocycles. The first-order valence-electron chi connectivity index (χ1n) is 5.73. The third-order valence-corrected chi connectivity index (χ3v) is 3.01. The fourth-order valence-electron chi connectivity index (χ4n) is 1.69. The number of hydrogen-bond donors (Lipinski definition) is 1. The Morgan fingerprint density at radius 3 is 2.88 bits per heavy atom. The highest BCUT2D eigenvalue weighted by Gasteiger charge is 2.09. The molecule has 0 fully saturated rings. The second-order valence-electron chi connectivity index (χ2n) is 4.14. The van der Waals surface area contributed by atoms with E-state index in [2.05, 4.69) is 16.9 Å². The number of nitrogens with one attached hydrogen (secondary N) is 1. The smallest absolute Gasteiger partial charge is 0.258 e. The minimum Gasteiger partial charge on any atom is -0.497 e. The van der Waals surface area contributed by atoms with E-state index < -0.39 is 0 Å². The van der Waals surface area contributed by atoms with E-state index in [4.69, 9.17) is 4.74 Å². The normalized spacial score (nSPS) is 12.6. The Bertz CT molecular complexity index is 589. The Morgan fingerprint density at radius 1 is 1.47 bits per heavy atom. The first-order valence-corrected chi connectivity index (χ1v) is 5.73. The molecule has 0 saturated heterocycles. The summed E-state index contributed by atoms with van der Waals surface area (Å²) in [6, 6.07) is 5.34. The molecule has 1 aromatic heterocycles. The van der Waals surface area contributed by atoms with Gasteiger partial charge in [0.1, 0.15) is 11.6 Å². The van der Waals surface area contributed by atoms with Gasteiger partial charge in [-0.15, -0.1) is 0 Å². The molecule has 90 valence electrons. The number of fused-ring (bicyclic) bond motifs is 1. The Kier molecular flexibility index (Phi) is 3.13. The van der Waals surface area contributed by atoms with E-state index in [9.17, 15) is 4.79 Å². The maximum atomic E-state index is 11.9. The van der Waals surface area contributed by atoms with E-state index in [1.54, 1.807) is 13.2 Å². The number of hydrogen-bond acceptors (Lipinski definition) is 3. The molecule has 0 aliphatic heterocycles. The zero-order chi connectivity index (χ0) is 12.4. The monoisotopic (exact) mass is 232 g/mol. The summed E-state index contributed by atoms with van der Waals surface area (Å²) in [5.74, 6) is 1.67. The van der Waals surface area contributed by atoms with E-state index in [-0.39, 0.29) is 11.5 Å². The van der Waals surface area contributed by atoms with Gasteiger partial charge in [-0.3, -0.25) is 4.79 Å². The van der Waals surface area contributed by atoms with Crippen LogP contribution >= 0.6 is 0 Å². The molecule has 0 aliphatic carbocycles. The topological polar surface area (TPSA) is 55.0 Å². The fraction of sp³-hybridized carbons (Fsp3) is 0.385. The summed E-state index contributed by atoms with van der Waals surface area (Å²) in [7, 11) is 1.58. The molecule has 2 rings (SSSR count). The molecule has 1 aromatic carbocycles. The summed E-state index contributed by atoms with van der Waals surface area (Å²) < 4.78 is 5.10. The maximum absolute atomic E-state index is 11.9. The molecule has 0 aliphatic rings. The lowest BCUT2D eigenvalue weighted by atomic mass is 10.1. The largest absolute Gasteiger partial charge is 0.497 e. The number of rotatable bonds is 3. The predicted octanol–water partition coefficient (Wildman–Crippen LogP) is 2.45. The van der Waals surface area contributed by atoms with Gasteiger partial charge in [-0.2, -0.15) is 0 Å². The third kappa shape index (κ3) is 2.16. The predicted molar refractivity (Wildman–Crippen MR) is 67.6 cm³/mol. The number of benzene rings is 1. The SMILES string of the molecule is CCC(C)c1nc2ccc(OC)cc2c(=O)[nH]1. The van der Waals surface area contributed by atoms with Crippen molar-refractivity contribution in [2.75, 3.05) is 7.11 Å². The van der Waals surface area contributed by atoms with Gasteiger partial charge in [0.25, 0.3) is 5.56 Å². The molecule has 4 nitrogen and oxygen atoms in total. The van der Waals surface area contributed by atoms with Crippen molar-refractivity contribution in [2.45, 2.75) is 26.2 Å². The van der Waals surface area contributed by atoms with Crippen LogP contribution in [0, 0.1) is 0 Å². The van der Waals surface area contributed by atoms with Crippen molar-refractivity contribution in [3.63, 3.8) is 0 Å². The molecule has 0 saturated carbocycles. The molecule has 2 aromatic rings. The lowest BCUT2D eigenvalue weighted by Crippen LogP contribution is -2.13. The van der Waals surface area contributed by atoms with Gasteiger partial charge in [0.2, 0.25) is 0 Å². The molecule has 0 radical (unpaired) electrons. The molecule has 1 atom stereocenters. The minimum atomic E-state index is -0.107. The van der Waals surface area contributed by atoms with Crippen LogP contribution in [0.3, 0.4) is 0 Å². The highest BCUT2D eigenvalue weighted by molar-refractivity contribution is 5.79. The maximum Gasteiger partial charge on any atom is 0.258 e. The number of ether oxygens (including phenoxy) is 1. The number of nitrogens with zero attached hydrogens (tertiary/aromatic N) is 1. The average Bonchev–Trinajstić information content (AvgIpc) is 2.37. The molecule has 1 N–H and O–H groups in total. The second-order valence-corrected chi connectivity index (χ2v) is 4.14. The Hall–Kier alpha value is -1.84. The van der Waals surface area contributed by atoms with Gasteiger partial charge in [0.15, 0.2) is 0 Å². The van der Waals surface area contributed by atoms with Gasteiger partial charge >= 0.3 is 0 Å². The zero-order valence-corrected chi connectivity index (χ0v) is 10.3. The van der Waals surface area contributed by atoms with E-state index >= 15 is 0 Å². The van der Waals surface area contributed by atoms with Gasteiger partial charge in [0, 0.05) is 5.92 Å². The van der Waals surface area contributed by atoms with Crippen LogP contribution in [0.2, 0.25) is 0 Å². The van der Waals surface area contributed by atoms with Crippen molar-refractivity contribution in [3.05, 3.63) is 34.4 Å². The Labute approximate surface area is 99.7 Å². The standard InChI is InChI=1S/C13H16N2O2/c1-4-8(2)12-14-11-6-5-9(17-3)7-10(11)13(16)15-12/h5-8H,4H2,1-3H3,(H,14,15,16). The molecule has 1 unspecified atom stereocenters. The first kappa shape index (κ1) is 11.6. The van der Waals surface area contributed by atoms with Crippen LogP contribution in [-0.2, 0) is 0 Å². The van der Waals surface area contributed by atoms with Gasteiger partial charge < -0.3 is 9.72 Å². The van der Waals surface area contributed by atoms with Crippen molar-refractivity contribution in [2.24, 2.45) is 0 Å². The molecule has 17 heavy (non-hydrogen) atoms. The number of methoxy groups -OCH3 is 1. The third-order valence-electron chi connectivity index (χ3n) is 3.01. The van der Waals surface area contributed by atoms with Gasteiger partial charge in [-0.25, -0.2) is 4.98 Å². The minimum absolute atomic E-state index is 0.107. The van der Waals surface area contributed by atoms with Crippen LogP contribution in [0.1, 0.15) is 32.0 Å². The Balaban J connectivity index is 2.63. The van der Waals surface area contributed by atoms with Crippen LogP contribution in [0.5, 0.6) is 5.75 Å². The molecule has 0 spiro atoms. The zero-order valence-electron chi connectivity index (χ0n) is 10.3. The lowest BCUT2D eigenvalue weighted by molar-refractivity contribution is 0.415. The number of aromatic amines is 1. The molecule has 4 heteroatoms. The van der Waals surface area contributed by atoms with E-state index in [0.717, 1.165) is 12.2 Å². The first-order chi connectivity index (χ1) is 8.15. The van der Waals surface area contributed by atoms with Crippen molar-refractivity contribution in [1.82, 2.24) is 9.97 Å². The highest BCUT2D eigenvalue weighted by Crippen LogP contribution is 2.19. The van der Waals surface area contributed by atoms with Gasteiger partial charge in [-0.1, -0.05) is 13.8 Å². The molecular formula is C13H16N2O2. The van der Waals surface area contributed by atoms with Crippen LogP contribution in [0.15, 0.2) is 23.0 Å². The summed E-state index contributed by atoms with van der Waals surface area (Å²) in [5, 5.41) is 0.566. The Morgan fingerprint density at radius 2 is 2.24 bits per heavy atom. The van der Waals surface area contributed by atoms with Crippen molar-refractivity contribution in [3.8, 4) is 5.75 Å². The lowest BCUT2D eigenvalue weighted by Gasteiger charge is -2.09. The van der Waals surface area contributed by atoms with E-state index in [0.29, 0.717) is 16.7 Å². The quantitative estimate of drug-likeness (QED) is 0.884. The number of H-pyrrole nitrogens is 1. The summed E-state index contributed by atoms with van der Waals surface area (Å²) in [6.45, 7) is 4.12. The average molecular weight is 232 g/mol. The second kappa shape index (κ2) is 4.57. The van der Waals surface area contributed by atoms with Crippen LogP contribution in [0.25, 0.3) is 10.9 Å². The van der Waals surface area contributed by atoms with Gasteiger partial charge in [-0.05, 0) is 24.6 Å². The molecule has 0 bridgehead atoms. The van der Waals surface area contributed by atoms with Crippen molar-refractivity contribution < 1.29 is 4.74 Å². The molecular weight excluding hydrogens is 216 g/mol. The van der Waals surface area contributed by atoms with E-state index in [1.807, 2.05) is 19.1 Å².